The third-order valence-corrected chi connectivity index (χ3v) is 2.04. The molecule has 0 aliphatic heterocycles. The molecule has 0 aromatic heterocycles. The van der Waals surface area contributed by atoms with Gasteiger partial charge < -0.3 is 16.2 Å². The number of hydrogen-bond acceptors (Lipinski definition) is 3. The Morgan fingerprint density at radius 2 is 1.71 bits per heavy atom. The highest BCUT2D eigenvalue weighted by Crippen LogP contribution is 1.94. The van der Waals surface area contributed by atoms with Crippen LogP contribution in [-0.2, 0) is 4.79 Å². The van der Waals surface area contributed by atoms with Crippen LogP contribution in [0.2, 0.25) is 0 Å². The molecule has 0 spiro atoms. The van der Waals surface area contributed by atoms with Gasteiger partial charge in [-0.3, -0.25) is 4.79 Å². The summed E-state index contributed by atoms with van der Waals surface area (Å²) in [5, 5.41) is 11.8. The molecule has 0 aliphatic carbocycles. The van der Waals surface area contributed by atoms with Crippen LogP contribution >= 0.6 is 0 Å². The van der Waals surface area contributed by atoms with Gasteiger partial charge in [0.05, 0.1) is 0 Å². The quantitative estimate of drug-likeness (QED) is 0.449. The van der Waals surface area contributed by atoms with E-state index in [1.165, 1.54) is 0 Å². The van der Waals surface area contributed by atoms with Gasteiger partial charge in [0.15, 0.2) is 0 Å². The van der Waals surface area contributed by atoms with Crippen molar-refractivity contribution in [1.82, 2.24) is 5.32 Å². The van der Waals surface area contributed by atoms with E-state index in [0.717, 1.165) is 45.2 Å². The van der Waals surface area contributed by atoms with Gasteiger partial charge in [-0.1, -0.05) is 0 Å². The molecular weight excluding hydrogens is 180 g/mol. The minimum absolute atomic E-state index is 0.215. The standard InChI is InChI=1S/C10H22N2O2/c11-10(14)6-2-4-8-12-7-3-1-5-9-13/h12-13H,1-9H2,(H2,11,14). The van der Waals surface area contributed by atoms with Crippen LogP contribution in [0.4, 0.5) is 0 Å². The molecule has 0 rings (SSSR count). The number of amides is 1. The summed E-state index contributed by atoms with van der Waals surface area (Å²) in [7, 11) is 0. The molecule has 1 amide bonds. The van der Waals surface area contributed by atoms with E-state index >= 15 is 0 Å². The number of aliphatic hydroxyl groups excluding tert-OH is 1. The maximum Gasteiger partial charge on any atom is 0.217 e. The van der Waals surface area contributed by atoms with Crippen molar-refractivity contribution in [3.63, 3.8) is 0 Å². The summed E-state index contributed by atoms with van der Waals surface area (Å²) < 4.78 is 0. The predicted octanol–water partition coefficient (Wildman–Crippen LogP) is 0.394. The zero-order chi connectivity index (χ0) is 10.6. The van der Waals surface area contributed by atoms with Gasteiger partial charge >= 0.3 is 0 Å². The SMILES string of the molecule is NC(=O)CCCCNCCCCCO. The molecule has 0 bridgehead atoms. The second-order valence-electron chi connectivity index (χ2n) is 3.46. The van der Waals surface area contributed by atoms with Crippen molar-refractivity contribution in [2.75, 3.05) is 19.7 Å². The average molecular weight is 202 g/mol. The molecule has 0 aromatic rings. The average Bonchev–Trinajstić information content (AvgIpc) is 2.15. The van der Waals surface area contributed by atoms with Crippen molar-refractivity contribution in [3.8, 4) is 0 Å². The number of nitrogens with one attached hydrogen (secondary N) is 1. The molecule has 84 valence electrons. The Labute approximate surface area is 85.9 Å². The van der Waals surface area contributed by atoms with Gasteiger partial charge in [0.1, 0.15) is 0 Å². The molecule has 0 heterocycles. The summed E-state index contributed by atoms with van der Waals surface area (Å²) in [5.41, 5.74) is 5.01. The van der Waals surface area contributed by atoms with E-state index in [4.69, 9.17) is 10.8 Å². The van der Waals surface area contributed by atoms with E-state index in [1.807, 2.05) is 0 Å². The number of nitrogens with two attached hydrogens (primary N) is 1. The largest absolute Gasteiger partial charge is 0.396 e. The molecule has 0 radical (unpaired) electrons. The van der Waals surface area contributed by atoms with E-state index in [9.17, 15) is 4.79 Å². The lowest BCUT2D eigenvalue weighted by Crippen LogP contribution is -2.17. The van der Waals surface area contributed by atoms with Gasteiger partial charge in [0.2, 0.25) is 5.91 Å². The molecule has 0 saturated carbocycles. The summed E-state index contributed by atoms with van der Waals surface area (Å²) in [6.07, 6.45) is 5.44. The molecule has 0 aliphatic rings. The van der Waals surface area contributed by atoms with Crippen molar-refractivity contribution < 1.29 is 9.90 Å². The third-order valence-electron chi connectivity index (χ3n) is 2.04. The van der Waals surface area contributed by atoms with Gasteiger partial charge in [-0.25, -0.2) is 0 Å². The van der Waals surface area contributed by atoms with Crippen molar-refractivity contribution in [2.45, 2.75) is 38.5 Å². The Kier molecular flexibility index (Phi) is 10.0. The van der Waals surface area contributed by atoms with Gasteiger partial charge in [0, 0.05) is 13.0 Å². The highest BCUT2D eigenvalue weighted by atomic mass is 16.2. The van der Waals surface area contributed by atoms with Gasteiger partial charge in [0.25, 0.3) is 0 Å². The number of hydrogen-bond donors (Lipinski definition) is 3. The van der Waals surface area contributed by atoms with Crippen LogP contribution in [0.1, 0.15) is 38.5 Å². The van der Waals surface area contributed by atoms with Gasteiger partial charge in [-0.15, -0.1) is 0 Å². The highest BCUT2D eigenvalue weighted by molar-refractivity contribution is 5.73. The fourth-order valence-corrected chi connectivity index (χ4v) is 1.21. The first-order valence-electron chi connectivity index (χ1n) is 5.37. The third kappa shape index (κ3) is 11.4. The zero-order valence-electron chi connectivity index (χ0n) is 8.80. The maximum absolute atomic E-state index is 10.4. The molecule has 0 aromatic carbocycles. The van der Waals surface area contributed by atoms with Crippen LogP contribution in [0.15, 0.2) is 0 Å². The number of aliphatic hydroxyl groups is 1. The summed E-state index contributed by atoms with van der Waals surface area (Å²) in [6.45, 7) is 2.24. The van der Waals surface area contributed by atoms with E-state index in [1.54, 1.807) is 0 Å². The second kappa shape index (κ2) is 10.5. The normalized spacial score (nSPS) is 10.4. The van der Waals surface area contributed by atoms with Crippen molar-refractivity contribution >= 4 is 5.91 Å². The summed E-state index contributed by atoms with van der Waals surface area (Å²) in [5.74, 6) is -0.215. The topological polar surface area (TPSA) is 75.4 Å². The molecular formula is C10H22N2O2. The minimum Gasteiger partial charge on any atom is -0.396 e. The van der Waals surface area contributed by atoms with Gasteiger partial charge in [-0.05, 0) is 45.2 Å². The fourth-order valence-electron chi connectivity index (χ4n) is 1.21. The molecule has 4 heteroatoms. The number of carbonyl (C=O) groups is 1. The number of primary amides is 1. The smallest absolute Gasteiger partial charge is 0.217 e. The molecule has 0 fully saturated rings. The molecule has 0 unspecified atom stereocenters. The summed E-state index contributed by atoms with van der Waals surface area (Å²) in [6, 6.07) is 0. The van der Waals surface area contributed by atoms with Crippen molar-refractivity contribution in [2.24, 2.45) is 5.73 Å². The van der Waals surface area contributed by atoms with E-state index in [2.05, 4.69) is 5.32 Å². The van der Waals surface area contributed by atoms with E-state index < -0.39 is 0 Å². The van der Waals surface area contributed by atoms with Crippen LogP contribution in [0, 0.1) is 0 Å². The van der Waals surface area contributed by atoms with Crippen LogP contribution in [0.3, 0.4) is 0 Å². The lowest BCUT2D eigenvalue weighted by Gasteiger charge is -2.03. The Balaban J connectivity index is 2.88. The van der Waals surface area contributed by atoms with Crippen molar-refractivity contribution in [1.29, 1.82) is 0 Å². The lowest BCUT2D eigenvalue weighted by atomic mass is 10.2. The fraction of sp³-hybridized carbons (Fsp3) is 0.900. The van der Waals surface area contributed by atoms with Gasteiger partial charge in [-0.2, -0.15) is 0 Å². The highest BCUT2D eigenvalue weighted by Gasteiger charge is 1.93. The summed E-state index contributed by atoms with van der Waals surface area (Å²) in [4.78, 5) is 10.4. The molecule has 0 atom stereocenters. The Hall–Kier alpha value is -0.610. The van der Waals surface area contributed by atoms with Crippen LogP contribution < -0.4 is 11.1 Å². The molecule has 4 nitrogen and oxygen atoms in total. The van der Waals surface area contributed by atoms with E-state index in [-0.39, 0.29) is 5.91 Å². The zero-order valence-corrected chi connectivity index (χ0v) is 8.80. The number of rotatable bonds is 10. The minimum atomic E-state index is -0.215. The monoisotopic (exact) mass is 202 g/mol. The predicted molar refractivity (Wildman–Crippen MR) is 56.9 cm³/mol. The Morgan fingerprint density at radius 3 is 2.29 bits per heavy atom. The number of unbranched alkanes of at least 4 members (excludes halogenated alkanes) is 3. The first-order valence-corrected chi connectivity index (χ1v) is 5.37. The van der Waals surface area contributed by atoms with Crippen LogP contribution in [0.5, 0.6) is 0 Å². The first kappa shape index (κ1) is 13.4. The number of carbonyl (C=O) groups excluding carboxylic acids is 1. The lowest BCUT2D eigenvalue weighted by molar-refractivity contribution is -0.118. The second-order valence-corrected chi connectivity index (χ2v) is 3.46. The first-order chi connectivity index (χ1) is 6.77. The molecule has 0 saturated heterocycles. The molecule has 14 heavy (non-hydrogen) atoms. The Bertz CT molecular complexity index is 140. The Morgan fingerprint density at radius 1 is 1.07 bits per heavy atom. The van der Waals surface area contributed by atoms with E-state index in [0.29, 0.717) is 13.0 Å². The summed E-state index contributed by atoms with van der Waals surface area (Å²) >= 11 is 0. The maximum atomic E-state index is 10.4. The van der Waals surface area contributed by atoms with Crippen LogP contribution in [0.25, 0.3) is 0 Å². The van der Waals surface area contributed by atoms with Crippen molar-refractivity contribution in [3.05, 3.63) is 0 Å². The molecule has 4 N–H and O–H groups in total. The van der Waals surface area contributed by atoms with Crippen LogP contribution in [-0.4, -0.2) is 30.7 Å².